The highest BCUT2D eigenvalue weighted by Crippen LogP contribution is 2.23. The Bertz CT molecular complexity index is 552. The van der Waals surface area contributed by atoms with Crippen molar-refractivity contribution in [3.8, 4) is 5.88 Å². The van der Waals surface area contributed by atoms with Gasteiger partial charge in [0.25, 0.3) is 0 Å². The maximum absolute atomic E-state index is 5.89. The average Bonchev–Trinajstić information content (AvgIpc) is 2.46. The van der Waals surface area contributed by atoms with Crippen molar-refractivity contribution in [2.24, 2.45) is 5.73 Å². The van der Waals surface area contributed by atoms with E-state index in [1.807, 2.05) is 37.3 Å². The number of rotatable bonds is 6. The Morgan fingerprint density at radius 3 is 2.60 bits per heavy atom. The molecule has 0 aliphatic carbocycles. The number of benzene rings is 1. The fraction of sp³-hybridized carbons (Fsp3) is 0.353. The van der Waals surface area contributed by atoms with Crippen LogP contribution in [-0.4, -0.2) is 4.98 Å². The maximum Gasteiger partial charge on any atom is 0.218 e. The molecule has 0 unspecified atom stereocenters. The summed E-state index contributed by atoms with van der Waals surface area (Å²) in [5.41, 5.74) is 10.3. The summed E-state index contributed by atoms with van der Waals surface area (Å²) >= 11 is 0. The van der Waals surface area contributed by atoms with Gasteiger partial charge in [-0.1, -0.05) is 43.7 Å². The zero-order valence-electron chi connectivity index (χ0n) is 12.2. The minimum atomic E-state index is 0.465. The van der Waals surface area contributed by atoms with E-state index in [0.717, 1.165) is 29.7 Å². The highest BCUT2D eigenvalue weighted by atomic mass is 16.5. The van der Waals surface area contributed by atoms with Crippen molar-refractivity contribution in [3.05, 3.63) is 58.8 Å². The SMILES string of the molecule is CCCc1cc(C)nc(OCc2ccccc2)c1CN. The fourth-order valence-corrected chi connectivity index (χ4v) is 2.29. The Morgan fingerprint density at radius 2 is 1.95 bits per heavy atom. The molecule has 106 valence electrons. The lowest BCUT2D eigenvalue weighted by Gasteiger charge is -2.14. The number of aryl methyl sites for hydroxylation is 2. The summed E-state index contributed by atoms with van der Waals surface area (Å²) in [7, 11) is 0. The van der Waals surface area contributed by atoms with Crippen LogP contribution in [0.25, 0.3) is 0 Å². The number of pyridine rings is 1. The first-order valence-corrected chi connectivity index (χ1v) is 7.10. The third kappa shape index (κ3) is 3.58. The average molecular weight is 270 g/mol. The van der Waals surface area contributed by atoms with E-state index in [1.54, 1.807) is 0 Å². The molecule has 0 saturated carbocycles. The van der Waals surface area contributed by atoms with Crippen LogP contribution < -0.4 is 10.5 Å². The van der Waals surface area contributed by atoms with Crippen LogP contribution in [0.2, 0.25) is 0 Å². The maximum atomic E-state index is 5.89. The van der Waals surface area contributed by atoms with Gasteiger partial charge >= 0.3 is 0 Å². The normalized spacial score (nSPS) is 10.6. The molecule has 2 aromatic rings. The van der Waals surface area contributed by atoms with Crippen molar-refractivity contribution in [1.82, 2.24) is 4.98 Å². The first kappa shape index (κ1) is 14.5. The van der Waals surface area contributed by atoms with Gasteiger partial charge in [0.2, 0.25) is 5.88 Å². The molecular formula is C17H22N2O. The Balaban J connectivity index is 2.21. The predicted octanol–water partition coefficient (Wildman–Crippen LogP) is 3.38. The molecule has 0 radical (unpaired) electrons. The van der Waals surface area contributed by atoms with Crippen LogP contribution in [0, 0.1) is 6.92 Å². The molecule has 0 atom stereocenters. The van der Waals surface area contributed by atoms with E-state index < -0.39 is 0 Å². The summed E-state index contributed by atoms with van der Waals surface area (Å²) in [6, 6.07) is 12.2. The molecule has 0 saturated heterocycles. The van der Waals surface area contributed by atoms with Crippen LogP contribution in [0.3, 0.4) is 0 Å². The molecule has 0 fully saturated rings. The van der Waals surface area contributed by atoms with Gasteiger partial charge in [0.05, 0.1) is 0 Å². The molecule has 2 N–H and O–H groups in total. The molecule has 0 spiro atoms. The van der Waals surface area contributed by atoms with E-state index in [9.17, 15) is 0 Å². The van der Waals surface area contributed by atoms with Crippen LogP contribution in [0.4, 0.5) is 0 Å². The molecule has 0 aliphatic rings. The molecule has 1 aromatic heterocycles. The van der Waals surface area contributed by atoms with E-state index in [4.69, 9.17) is 10.5 Å². The minimum absolute atomic E-state index is 0.465. The lowest BCUT2D eigenvalue weighted by molar-refractivity contribution is 0.289. The van der Waals surface area contributed by atoms with Gasteiger partial charge in [-0.05, 0) is 30.5 Å². The van der Waals surface area contributed by atoms with Crippen molar-refractivity contribution in [2.75, 3.05) is 0 Å². The molecular weight excluding hydrogens is 248 g/mol. The van der Waals surface area contributed by atoms with Gasteiger partial charge in [0.15, 0.2) is 0 Å². The Morgan fingerprint density at radius 1 is 1.20 bits per heavy atom. The number of hydrogen-bond acceptors (Lipinski definition) is 3. The number of nitrogens with two attached hydrogens (primary N) is 1. The second kappa shape index (κ2) is 7.06. The van der Waals surface area contributed by atoms with Gasteiger partial charge in [-0.25, -0.2) is 4.98 Å². The zero-order valence-corrected chi connectivity index (χ0v) is 12.2. The van der Waals surface area contributed by atoms with Gasteiger partial charge in [-0.3, -0.25) is 0 Å². The Hall–Kier alpha value is -1.87. The van der Waals surface area contributed by atoms with E-state index in [-0.39, 0.29) is 0 Å². The topological polar surface area (TPSA) is 48.1 Å². The minimum Gasteiger partial charge on any atom is -0.473 e. The zero-order chi connectivity index (χ0) is 14.4. The predicted molar refractivity (Wildman–Crippen MR) is 81.6 cm³/mol. The Kier molecular flexibility index (Phi) is 5.13. The van der Waals surface area contributed by atoms with Crippen molar-refractivity contribution in [1.29, 1.82) is 0 Å². The van der Waals surface area contributed by atoms with Gasteiger partial charge in [0.1, 0.15) is 6.61 Å². The van der Waals surface area contributed by atoms with E-state index in [0.29, 0.717) is 19.0 Å². The molecule has 3 heteroatoms. The molecule has 1 heterocycles. The van der Waals surface area contributed by atoms with Gasteiger partial charge < -0.3 is 10.5 Å². The summed E-state index contributed by atoms with van der Waals surface area (Å²) in [6.07, 6.45) is 2.10. The number of hydrogen-bond donors (Lipinski definition) is 1. The van der Waals surface area contributed by atoms with E-state index in [2.05, 4.69) is 18.0 Å². The fourth-order valence-electron chi connectivity index (χ4n) is 2.29. The standard InChI is InChI=1S/C17H22N2O/c1-3-7-15-10-13(2)19-17(16(15)11-18)20-12-14-8-5-4-6-9-14/h4-6,8-10H,3,7,11-12,18H2,1-2H3. The lowest BCUT2D eigenvalue weighted by Crippen LogP contribution is -2.09. The summed E-state index contributed by atoms with van der Waals surface area (Å²) in [6.45, 7) is 5.15. The molecule has 0 amide bonds. The smallest absolute Gasteiger partial charge is 0.218 e. The Labute approximate surface area is 120 Å². The van der Waals surface area contributed by atoms with E-state index >= 15 is 0 Å². The highest BCUT2D eigenvalue weighted by Gasteiger charge is 2.11. The van der Waals surface area contributed by atoms with E-state index in [1.165, 1.54) is 5.56 Å². The van der Waals surface area contributed by atoms with Crippen LogP contribution in [0.1, 0.15) is 35.7 Å². The quantitative estimate of drug-likeness (QED) is 0.875. The van der Waals surface area contributed by atoms with Crippen molar-refractivity contribution >= 4 is 0 Å². The highest BCUT2D eigenvalue weighted by molar-refractivity contribution is 5.37. The van der Waals surface area contributed by atoms with Crippen LogP contribution in [-0.2, 0) is 19.6 Å². The first-order chi connectivity index (χ1) is 9.74. The summed E-state index contributed by atoms with van der Waals surface area (Å²) < 4.78 is 5.89. The monoisotopic (exact) mass is 270 g/mol. The molecule has 3 nitrogen and oxygen atoms in total. The molecule has 0 bridgehead atoms. The van der Waals surface area contributed by atoms with Crippen molar-refractivity contribution in [3.63, 3.8) is 0 Å². The third-order valence-corrected chi connectivity index (χ3v) is 3.25. The van der Waals surface area contributed by atoms with Gasteiger partial charge in [-0.15, -0.1) is 0 Å². The largest absolute Gasteiger partial charge is 0.473 e. The summed E-state index contributed by atoms with van der Waals surface area (Å²) in [5, 5.41) is 0. The first-order valence-electron chi connectivity index (χ1n) is 7.10. The molecule has 0 aliphatic heterocycles. The van der Waals surface area contributed by atoms with Crippen LogP contribution >= 0.6 is 0 Å². The second-order valence-electron chi connectivity index (χ2n) is 4.93. The number of aromatic nitrogens is 1. The lowest BCUT2D eigenvalue weighted by atomic mass is 10.0. The van der Waals surface area contributed by atoms with Gasteiger partial charge in [0, 0.05) is 17.8 Å². The second-order valence-corrected chi connectivity index (χ2v) is 4.93. The molecule has 2 rings (SSSR count). The third-order valence-electron chi connectivity index (χ3n) is 3.25. The van der Waals surface area contributed by atoms with Crippen molar-refractivity contribution in [2.45, 2.75) is 39.8 Å². The van der Waals surface area contributed by atoms with Crippen LogP contribution in [0.15, 0.2) is 36.4 Å². The number of ether oxygens (including phenoxy) is 1. The van der Waals surface area contributed by atoms with Crippen molar-refractivity contribution < 1.29 is 4.74 Å². The summed E-state index contributed by atoms with van der Waals surface area (Å²) in [4.78, 5) is 4.50. The number of nitrogens with zero attached hydrogens (tertiary/aromatic N) is 1. The van der Waals surface area contributed by atoms with Crippen LogP contribution in [0.5, 0.6) is 5.88 Å². The molecule has 1 aromatic carbocycles. The molecule has 20 heavy (non-hydrogen) atoms. The van der Waals surface area contributed by atoms with Gasteiger partial charge in [-0.2, -0.15) is 0 Å². The summed E-state index contributed by atoms with van der Waals surface area (Å²) in [5.74, 6) is 0.680.